The monoisotopic (exact) mass is 186 g/mol. The Morgan fingerprint density at radius 3 is 2.42 bits per heavy atom. The molecule has 0 saturated carbocycles. The summed E-state index contributed by atoms with van der Waals surface area (Å²) in [5.41, 5.74) is 1.96. The highest BCUT2D eigenvalue weighted by Crippen LogP contribution is 2.05. The summed E-state index contributed by atoms with van der Waals surface area (Å²) in [5.74, 6) is 0. The molecule has 0 heterocycles. The molecule has 0 fully saturated rings. The summed E-state index contributed by atoms with van der Waals surface area (Å²) in [4.78, 5) is 0. The van der Waals surface area contributed by atoms with Gasteiger partial charge in [0.2, 0.25) is 0 Å². The van der Waals surface area contributed by atoms with Crippen molar-refractivity contribution in [1.29, 1.82) is 0 Å². The molecule has 2 nitrogen and oxygen atoms in total. The van der Waals surface area contributed by atoms with Crippen molar-refractivity contribution in [2.45, 2.75) is 33.3 Å². The largest absolute Gasteiger partial charge is 0.410 e. The molecule has 2 radical (unpaired) electrons. The van der Waals surface area contributed by atoms with Crippen LogP contribution in [0.5, 0.6) is 0 Å². The van der Waals surface area contributed by atoms with E-state index in [0.717, 1.165) is 0 Å². The molecule has 12 heavy (non-hydrogen) atoms. The highest BCUT2D eigenvalue weighted by Gasteiger charge is 2.08. The van der Waals surface area contributed by atoms with Crippen LogP contribution < -0.4 is 0 Å². The van der Waals surface area contributed by atoms with E-state index in [-0.39, 0.29) is 5.60 Å². The quantitative estimate of drug-likeness (QED) is 0.483. The van der Waals surface area contributed by atoms with Crippen LogP contribution >= 0.6 is 0 Å². The number of hydrogen-bond acceptors (Lipinski definition) is 2. The Balaban J connectivity index is 3.11. The summed E-state index contributed by atoms with van der Waals surface area (Å²) in [7, 11) is 0.465. The third-order valence-corrected chi connectivity index (χ3v) is 1.88. The van der Waals surface area contributed by atoms with Gasteiger partial charge in [-0.3, -0.25) is 0 Å². The maximum Gasteiger partial charge on any atom is 0.260 e. The molecule has 0 unspecified atom stereocenters. The van der Waals surface area contributed by atoms with Crippen molar-refractivity contribution in [3.63, 3.8) is 0 Å². The molecule has 0 atom stereocenters. The molecular formula is C9H18O2Si. The van der Waals surface area contributed by atoms with Gasteiger partial charge in [-0.25, -0.2) is 0 Å². The van der Waals surface area contributed by atoms with Crippen molar-refractivity contribution < 1.29 is 9.16 Å². The Labute approximate surface area is 77.9 Å². The van der Waals surface area contributed by atoms with E-state index in [1.807, 2.05) is 39.5 Å². The van der Waals surface area contributed by atoms with Crippen LogP contribution in [0.1, 0.15) is 27.7 Å². The fourth-order valence-corrected chi connectivity index (χ4v) is 0.998. The lowest BCUT2D eigenvalue weighted by Crippen LogP contribution is -2.22. The highest BCUT2D eigenvalue weighted by molar-refractivity contribution is 6.34. The van der Waals surface area contributed by atoms with Gasteiger partial charge in [-0.15, -0.1) is 0 Å². The van der Waals surface area contributed by atoms with E-state index in [1.54, 1.807) is 0 Å². The van der Waals surface area contributed by atoms with Crippen LogP contribution in [-0.2, 0) is 9.16 Å². The van der Waals surface area contributed by atoms with Crippen molar-refractivity contribution in [2.75, 3.05) is 13.2 Å². The number of allylic oxidation sites excluding steroid dienone is 1. The van der Waals surface area contributed by atoms with Crippen molar-refractivity contribution >= 4 is 9.76 Å². The van der Waals surface area contributed by atoms with E-state index in [1.165, 1.54) is 0 Å². The van der Waals surface area contributed by atoms with Crippen LogP contribution in [0, 0.1) is 0 Å². The maximum absolute atomic E-state index is 5.46. The van der Waals surface area contributed by atoms with Gasteiger partial charge in [0.1, 0.15) is 0 Å². The minimum absolute atomic E-state index is 0.0485. The summed E-state index contributed by atoms with van der Waals surface area (Å²) >= 11 is 0. The van der Waals surface area contributed by atoms with Crippen molar-refractivity contribution in [3.8, 4) is 0 Å². The number of hydrogen-bond donors (Lipinski definition) is 0. The Morgan fingerprint density at radius 1 is 1.25 bits per heavy atom. The normalized spacial score (nSPS) is 12.7. The van der Waals surface area contributed by atoms with E-state index in [9.17, 15) is 0 Å². The molecule has 3 heteroatoms. The first-order valence-electron chi connectivity index (χ1n) is 4.18. The first-order valence-corrected chi connectivity index (χ1v) is 5.17. The third kappa shape index (κ3) is 9.88. The van der Waals surface area contributed by atoms with Gasteiger partial charge in [-0.1, -0.05) is 11.8 Å². The molecule has 0 N–H and O–H groups in total. The zero-order valence-electron chi connectivity index (χ0n) is 8.39. The van der Waals surface area contributed by atoms with Gasteiger partial charge in [-0.05, 0) is 27.7 Å². The molecule has 0 rings (SSSR count). The maximum atomic E-state index is 5.46. The van der Waals surface area contributed by atoms with Crippen LogP contribution in [0.4, 0.5) is 0 Å². The van der Waals surface area contributed by atoms with Crippen LogP contribution in [-0.4, -0.2) is 28.6 Å². The zero-order chi connectivity index (χ0) is 9.45. The fourth-order valence-electron chi connectivity index (χ4n) is 0.565. The molecule has 0 aromatic rings. The Hall–Kier alpha value is -0.123. The lowest BCUT2D eigenvalue weighted by molar-refractivity contribution is -0.0158. The second-order valence-corrected chi connectivity index (χ2v) is 4.28. The lowest BCUT2D eigenvalue weighted by atomic mass is 10.2. The second-order valence-electron chi connectivity index (χ2n) is 3.43. The Bertz CT molecular complexity index is 127. The molecule has 0 spiro atoms. The van der Waals surface area contributed by atoms with Crippen molar-refractivity contribution in [2.24, 2.45) is 0 Å². The molecule has 0 bridgehead atoms. The smallest absolute Gasteiger partial charge is 0.260 e. The molecule has 0 aromatic heterocycles. The predicted octanol–water partition coefficient (Wildman–Crippen LogP) is 1.97. The van der Waals surface area contributed by atoms with E-state index < -0.39 is 0 Å². The Kier molecular flexibility index (Phi) is 6.33. The highest BCUT2D eigenvalue weighted by atomic mass is 28.2. The third-order valence-electron chi connectivity index (χ3n) is 1.04. The minimum Gasteiger partial charge on any atom is -0.410 e. The molecular weight excluding hydrogens is 168 g/mol. The molecule has 0 amide bonds. The summed E-state index contributed by atoms with van der Waals surface area (Å²) in [6, 6.07) is 0. The topological polar surface area (TPSA) is 18.5 Å². The molecule has 70 valence electrons. The van der Waals surface area contributed by atoms with E-state index in [4.69, 9.17) is 9.16 Å². The average Bonchev–Trinajstić information content (AvgIpc) is 1.94. The van der Waals surface area contributed by atoms with Crippen LogP contribution in [0.2, 0.25) is 0 Å². The van der Waals surface area contributed by atoms with Crippen molar-refractivity contribution in [1.82, 2.24) is 0 Å². The Morgan fingerprint density at radius 2 is 1.92 bits per heavy atom. The van der Waals surface area contributed by atoms with Gasteiger partial charge in [-0.2, -0.15) is 0 Å². The number of ether oxygens (including phenoxy) is 1. The summed E-state index contributed by atoms with van der Waals surface area (Å²) in [6.45, 7) is 9.47. The van der Waals surface area contributed by atoms with E-state index >= 15 is 0 Å². The summed E-state index contributed by atoms with van der Waals surface area (Å²) < 4.78 is 10.8. The number of rotatable bonds is 5. The van der Waals surface area contributed by atoms with Crippen LogP contribution in [0.3, 0.4) is 0 Å². The first kappa shape index (κ1) is 11.9. The standard InChI is InChI=1S/C9H18O2Si/c1-5-8-12-11-7-6-10-9(2,3)4/h5,8H,6-7H2,1-4H3/b8-5+. The molecule has 0 saturated heterocycles. The predicted molar refractivity (Wildman–Crippen MR) is 52.2 cm³/mol. The van der Waals surface area contributed by atoms with Gasteiger partial charge in [0.15, 0.2) is 0 Å². The van der Waals surface area contributed by atoms with Crippen molar-refractivity contribution in [3.05, 3.63) is 11.8 Å². The summed E-state index contributed by atoms with van der Waals surface area (Å²) in [5, 5.41) is 0. The molecule has 0 aliphatic rings. The van der Waals surface area contributed by atoms with Gasteiger partial charge in [0.05, 0.1) is 18.8 Å². The molecule has 0 aromatic carbocycles. The lowest BCUT2D eigenvalue weighted by Gasteiger charge is -2.19. The SMILES string of the molecule is C/C=C/[Si]OCCOC(C)(C)C. The van der Waals surface area contributed by atoms with Crippen LogP contribution in [0.25, 0.3) is 0 Å². The molecule has 0 aliphatic heterocycles. The fraction of sp³-hybridized carbons (Fsp3) is 0.778. The first-order chi connectivity index (χ1) is 5.56. The second kappa shape index (κ2) is 6.40. The van der Waals surface area contributed by atoms with Crippen LogP contribution in [0.15, 0.2) is 11.8 Å². The zero-order valence-corrected chi connectivity index (χ0v) is 9.39. The summed E-state index contributed by atoms with van der Waals surface area (Å²) in [6.07, 6.45) is 1.99. The van der Waals surface area contributed by atoms with Gasteiger partial charge in [0.25, 0.3) is 9.76 Å². The average molecular weight is 186 g/mol. The van der Waals surface area contributed by atoms with Gasteiger partial charge in [0, 0.05) is 0 Å². The van der Waals surface area contributed by atoms with Gasteiger partial charge >= 0.3 is 0 Å². The van der Waals surface area contributed by atoms with Gasteiger partial charge < -0.3 is 9.16 Å². The molecule has 0 aliphatic carbocycles. The minimum atomic E-state index is -0.0485. The van der Waals surface area contributed by atoms with E-state index in [0.29, 0.717) is 23.0 Å². The van der Waals surface area contributed by atoms with E-state index in [2.05, 4.69) is 0 Å².